The molecule has 2 rings (SSSR count). The van der Waals surface area contributed by atoms with Gasteiger partial charge in [-0.25, -0.2) is 0 Å². The number of rotatable bonds is 5. The lowest BCUT2D eigenvalue weighted by Crippen LogP contribution is -2.33. The molecule has 0 spiro atoms. The highest BCUT2D eigenvalue weighted by molar-refractivity contribution is 7.99. The zero-order valence-corrected chi connectivity index (χ0v) is 12.6. The van der Waals surface area contributed by atoms with Crippen molar-refractivity contribution in [2.45, 2.75) is 43.5 Å². The van der Waals surface area contributed by atoms with Crippen molar-refractivity contribution >= 4 is 17.6 Å². The van der Waals surface area contributed by atoms with Crippen LogP contribution in [0.15, 0.2) is 23.5 Å². The lowest BCUT2D eigenvalue weighted by molar-refractivity contribution is 0.318. The van der Waals surface area contributed by atoms with Crippen molar-refractivity contribution in [3.63, 3.8) is 0 Å². The molecule has 0 amide bonds. The molecule has 0 atom stereocenters. The third-order valence-electron chi connectivity index (χ3n) is 3.80. The SMILES string of the molecule is CSC1CCC(NCc2ccnc(/C(N)=N/O)c2)CC1. The minimum absolute atomic E-state index is 0.0485. The first kappa shape index (κ1) is 15.1. The van der Waals surface area contributed by atoms with E-state index in [4.69, 9.17) is 10.9 Å². The van der Waals surface area contributed by atoms with E-state index < -0.39 is 0 Å². The molecule has 1 saturated carbocycles. The second-order valence-corrected chi connectivity index (χ2v) is 6.26. The van der Waals surface area contributed by atoms with Crippen molar-refractivity contribution in [2.24, 2.45) is 10.9 Å². The smallest absolute Gasteiger partial charge is 0.188 e. The maximum Gasteiger partial charge on any atom is 0.188 e. The topological polar surface area (TPSA) is 83.5 Å². The molecule has 0 saturated heterocycles. The predicted octanol–water partition coefficient (Wildman–Crippen LogP) is 1.94. The molecular formula is C14H22N4OS. The minimum atomic E-state index is 0.0485. The molecule has 1 aliphatic rings. The van der Waals surface area contributed by atoms with Gasteiger partial charge in [0.15, 0.2) is 5.84 Å². The first-order chi connectivity index (χ1) is 9.72. The summed E-state index contributed by atoms with van der Waals surface area (Å²) in [6.07, 6.45) is 8.96. The number of amidine groups is 1. The summed E-state index contributed by atoms with van der Waals surface area (Å²) in [5.41, 5.74) is 7.16. The largest absolute Gasteiger partial charge is 0.409 e. The van der Waals surface area contributed by atoms with E-state index in [2.05, 4.69) is 21.7 Å². The van der Waals surface area contributed by atoms with Gasteiger partial charge in [0.2, 0.25) is 0 Å². The van der Waals surface area contributed by atoms with Gasteiger partial charge < -0.3 is 16.3 Å². The first-order valence-electron chi connectivity index (χ1n) is 6.92. The maximum atomic E-state index is 8.67. The summed E-state index contributed by atoms with van der Waals surface area (Å²) in [4.78, 5) is 4.08. The Labute approximate surface area is 124 Å². The molecule has 20 heavy (non-hydrogen) atoms. The number of nitrogens with zero attached hydrogens (tertiary/aromatic N) is 2. The molecule has 0 aromatic carbocycles. The van der Waals surface area contributed by atoms with Crippen molar-refractivity contribution in [3.05, 3.63) is 29.6 Å². The molecule has 1 aromatic rings. The highest BCUT2D eigenvalue weighted by Crippen LogP contribution is 2.26. The zero-order chi connectivity index (χ0) is 14.4. The van der Waals surface area contributed by atoms with Crippen LogP contribution in [0, 0.1) is 0 Å². The van der Waals surface area contributed by atoms with E-state index >= 15 is 0 Å². The van der Waals surface area contributed by atoms with Crippen LogP contribution in [0.5, 0.6) is 0 Å². The monoisotopic (exact) mass is 294 g/mol. The number of nitrogens with two attached hydrogens (primary N) is 1. The Kier molecular flexibility index (Phi) is 5.67. The van der Waals surface area contributed by atoms with Gasteiger partial charge in [0.05, 0.1) is 0 Å². The quantitative estimate of drug-likeness (QED) is 0.334. The lowest BCUT2D eigenvalue weighted by Gasteiger charge is -2.28. The van der Waals surface area contributed by atoms with Crippen LogP contribution in [-0.2, 0) is 6.54 Å². The fourth-order valence-electron chi connectivity index (χ4n) is 2.54. The number of nitrogens with one attached hydrogen (secondary N) is 1. The standard InChI is InChI=1S/C14H22N4OS/c1-20-12-4-2-11(3-5-12)17-9-10-6-7-16-13(8-10)14(15)18-19/h6-8,11-12,17,19H,2-5,9H2,1H3,(H2,15,18). The van der Waals surface area contributed by atoms with Crippen molar-refractivity contribution < 1.29 is 5.21 Å². The van der Waals surface area contributed by atoms with Crippen LogP contribution in [0.3, 0.4) is 0 Å². The molecule has 6 heteroatoms. The van der Waals surface area contributed by atoms with Crippen LogP contribution < -0.4 is 11.1 Å². The van der Waals surface area contributed by atoms with Crippen LogP contribution >= 0.6 is 11.8 Å². The molecule has 1 heterocycles. The summed E-state index contributed by atoms with van der Waals surface area (Å²) in [6.45, 7) is 0.794. The van der Waals surface area contributed by atoms with Gasteiger partial charge in [0.1, 0.15) is 5.69 Å². The average Bonchev–Trinajstić information content (AvgIpc) is 2.53. The molecule has 5 nitrogen and oxygen atoms in total. The summed E-state index contributed by atoms with van der Waals surface area (Å²) in [7, 11) is 0. The van der Waals surface area contributed by atoms with Gasteiger partial charge >= 0.3 is 0 Å². The van der Waals surface area contributed by atoms with Gasteiger partial charge in [-0.3, -0.25) is 4.98 Å². The fraction of sp³-hybridized carbons (Fsp3) is 0.571. The van der Waals surface area contributed by atoms with E-state index in [0.717, 1.165) is 17.4 Å². The highest BCUT2D eigenvalue weighted by Gasteiger charge is 2.19. The van der Waals surface area contributed by atoms with Gasteiger partial charge in [0, 0.05) is 24.0 Å². The Morgan fingerprint density at radius 2 is 2.25 bits per heavy atom. The number of thioether (sulfide) groups is 1. The highest BCUT2D eigenvalue weighted by atomic mass is 32.2. The van der Waals surface area contributed by atoms with Crippen LogP contribution in [0.2, 0.25) is 0 Å². The van der Waals surface area contributed by atoms with Gasteiger partial charge in [-0.05, 0) is 49.6 Å². The van der Waals surface area contributed by atoms with Gasteiger partial charge in [0.25, 0.3) is 0 Å². The van der Waals surface area contributed by atoms with Crippen LogP contribution in [0.4, 0.5) is 0 Å². The second-order valence-electron chi connectivity index (χ2n) is 5.12. The molecule has 110 valence electrons. The molecule has 0 radical (unpaired) electrons. The Morgan fingerprint density at radius 3 is 2.90 bits per heavy atom. The van der Waals surface area contributed by atoms with E-state index in [0.29, 0.717) is 11.7 Å². The Balaban J connectivity index is 1.85. The van der Waals surface area contributed by atoms with Gasteiger partial charge in [-0.2, -0.15) is 11.8 Å². The molecular weight excluding hydrogens is 272 g/mol. The maximum absolute atomic E-state index is 8.67. The minimum Gasteiger partial charge on any atom is -0.409 e. The molecule has 0 unspecified atom stereocenters. The van der Waals surface area contributed by atoms with Crippen molar-refractivity contribution in [1.82, 2.24) is 10.3 Å². The molecule has 1 aliphatic carbocycles. The fourth-order valence-corrected chi connectivity index (χ4v) is 3.28. The zero-order valence-electron chi connectivity index (χ0n) is 11.7. The normalized spacial score (nSPS) is 23.8. The van der Waals surface area contributed by atoms with E-state index in [1.165, 1.54) is 25.7 Å². The number of pyridine rings is 1. The Bertz CT molecular complexity index is 458. The van der Waals surface area contributed by atoms with Crippen LogP contribution in [-0.4, -0.2) is 33.6 Å². The van der Waals surface area contributed by atoms with E-state index in [1.807, 2.05) is 23.9 Å². The Hall–Kier alpha value is -1.27. The summed E-state index contributed by atoms with van der Waals surface area (Å²) in [5, 5.41) is 16.1. The summed E-state index contributed by atoms with van der Waals surface area (Å²) in [5.74, 6) is 0.0485. The number of hydrogen-bond acceptors (Lipinski definition) is 5. The second kappa shape index (κ2) is 7.50. The first-order valence-corrected chi connectivity index (χ1v) is 8.20. The summed E-state index contributed by atoms with van der Waals surface area (Å²) >= 11 is 1.98. The van der Waals surface area contributed by atoms with Crippen molar-refractivity contribution in [3.8, 4) is 0 Å². The van der Waals surface area contributed by atoms with Gasteiger partial charge in [-0.1, -0.05) is 5.16 Å². The van der Waals surface area contributed by atoms with Crippen molar-refractivity contribution in [1.29, 1.82) is 0 Å². The molecule has 1 fully saturated rings. The average molecular weight is 294 g/mol. The van der Waals surface area contributed by atoms with Gasteiger partial charge in [-0.15, -0.1) is 0 Å². The van der Waals surface area contributed by atoms with E-state index in [9.17, 15) is 0 Å². The molecule has 0 aliphatic heterocycles. The summed E-state index contributed by atoms with van der Waals surface area (Å²) in [6, 6.07) is 4.41. The number of hydrogen-bond donors (Lipinski definition) is 3. The third-order valence-corrected chi connectivity index (χ3v) is 4.93. The number of aromatic nitrogens is 1. The Morgan fingerprint density at radius 1 is 1.50 bits per heavy atom. The number of oxime groups is 1. The summed E-state index contributed by atoms with van der Waals surface area (Å²) < 4.78 is 0. The lowest BCUT2D eigenvalue weighted by atomic mass is 9.95. The molecule has 4 N–H and O–H groups in total. The van der Waals surface area contributed by atoms with Crippen molar-refractivity contribution in [2.75, 3.05) is 6.26 Å². The third kappa shape index (κ3) is 4.11. The van der Waals surface area contributed by atoms with Crippen LogP contribution in [0.1, 0.15) is 36.9 Å². The molecule has 0 bridgehead atoms. The van der Waals surface area contributed by atoms with E-state index in [-0.39, 0.29) is 5.84 Å². The molecule has 1 aromatic heterocycles. The van der Waals surface area contributed by atoms with E-state index in [1.54, 1.807) is 6.20 Å². The predicted molar refractivity (Wildman–Crippen MR) is 83.1 cm³/mol. The van der Waals surface area contributed by atoms with Crippen LogP contribution in [0.25, 0.3) is 0 Å².